The zero-order valence-electron chi connectivity index (χ0n) is 25.8. The normalized spacial score (nSPS) is 11.2. The van der Waals surface area contributed by atoms with Crippen molar-refractivity contribution in [1.82, 2.24) is 0 Å². The number of rotatable bonds is 13. The van der Waals surface area contributed by atoms with Crippen molar-refractivity contribution in [2.75, 3.05) is 30.6 Å². The van der Waals surface area contributed by atoms with E-state index in [1.807, 2.05) is 36.4 Å². The highest BCUT2D eigenvalue weighted by Crippen LogP contribution is 2.37. The summed E-state index contributed by atoms with van der Waals surface area (Å²) in [5.41, 5.74) is 8.77. The monoisotopic (exact) mass is 590 g/mol. The lowest BCUT2D eigenvalue weighted by Crippen LogP contribution is -2.16. The highest BCUT2D eigenvalue weighted by molar-refractivity contribution is 5.79. The molecule has 45 heavy (non-hydrogen) atoms. The molecule has 4 heteroatoms. The Morgan fingerprint density at radius 2 is 1.13 bits per heavy atom. The highest BCUT2D eigenvalue weighted by atomic mass is 16.5. The van der Waals surface area contributed by atoms with Crippen LogP contribution >= 0.6 is 0 Å². The number of nitrogens with zero attached hydrogens (tertiary/aromatic N) is 2. The van der Waals surface area contributed by atoms with E-state index >= 15 is 0 Å². The maximum absolute atomic E-state index is 5.41. The van der Waals surface area contributed by atoms with Crippen LogP contribution in [0.4, 0.5) is 28.4 Å². The second-order valence-corrected chi connectivity index (χ2v) is 10.3. The predicted octanol–water partition coefficient (Wildman–Crippen LogP) is 10.9. The van der Waals surface area contributed by atoms with Crippen LogP contribution in [0, 0.1) is 0 Å². The molecule has 0 aromatic heterocycles. The number of para-hydroxylation sites is 1. The first-order valence-electron chi connectivity index (χ1n) is 14.9. The van der Waals surface area contributed by atoms with Gasteiger partial charge in [0.2, 0.25) is 0 Å². The molecule has 5 rings (SSSR count). The molecule has 0 saturated carbocycles. The van der Waals surface area contributed by atoms with Gasteiger partial charge in [-0.2, -0.15) is 0 Å². The van der Waals surface area contributed by atoms with Crippen LogP contribution in [0.1, 0.15) is 5.56 Å². The fourth-order valence-corrected chi connectivity index (χ4v) is 5.12. The molecular formula is C41H38N2O2. The number of allylic oxidation sites excluding steroid dienone is 3. The third-order valence-electron chi connectivity index (χ3n) is 7.51. The summed E-state index contributed by atoms with van der Waals surface area (Å²) >= 11 is 0. The second-order valence-electron chi connectivity index (χ2n) is 10.3. The number of anilines is 5. The smallest absolute Gasteiger partial charge is 0.119 e. The van der Waals surface area contributed by atoms with E-state index in [1.54, 1.807) is 20.3 Å². The van der Waals surface area contributed by atoms with E-state index in [0.717, 1.165) is 56.6 Å². The fraction of sp³-hybridized carbons (Fsp3) is 0.0732. The molecule has 4 nitrogen and oxygen atoms in total. The highest BCUT2D eigenvalue weighted by Gasteiger charge is 2.14. The molecule has 0 atom stereocenters. The van der Waals surface area contributed by atoms with E-state index in [-0.39, 0.29) is 0 Å². The quantitative estimate of drug-likeness (QED) is 0.101. The first kappa shape index (κ1) is 30.7. The number of benzene rings is 5. The Hall–Kier alpha value is -5.74. The zero-order valence-corrected chi connectivity index (χ0v) is 25.8. The third-order valence-corrected chi connectivity index (χ3v) is 7.51. The Kier molecular flexibility index (Phi) is 10.3. The van der Waals surface area contributed by atoms with Gasteiger partial charge in [0.25, 0.3) is 0 Å². The van der Waals surface area contributed by atoms with E-state index in [0.29, 0.717) is 6.54 Å². The molecule has 0 amide bonds. The lowest BCUT2D eigenvalue weighted by atomic mass is 10.0. The van der Waals surface area contributed by atoms with Crippen molar-refractivity contribution in [2.45, 2.75) is 0 Å². The molecule has 0 fully saturated rings. The average molecular weight is 591 g/mol. The summed E-state index contributed by atoms with van der Waals surface area (Å²) in [4.78, 5) is 4.51. The number of hydrogen-bond acceptors (Lipinski definition) is 4. The molecule has 0 N–H and O–H groups in total. The van der Waals surface area contributed by atoms with E-state index < -0.39 is 0 Å². The number of methoxy groups -OCH3 is 2. The minimum Gasteiger partial charge on any atom is -0.497 e. The molecule has 5 aromatic carbocycles. The van der Waals surface area contributed by atoms with Gasteiger partial charge in [-0.1, -0.05) is 86.0 Å². The van der Waals surface area contributed by atoms with E-state index in [4.69, 9.17) is 9.47 Å². The molecule has 0 aliphatic rings. The molecule has 0 heterocycles. The largest absolute Gasteiger partial charge is 0.497 e. The van der Waals surface area contributed by atoms with Crippen LogP contribution in [0.25, 0.3) is 17.2 Å². The van der Waals surface area contributed by atoms with E-state index in [1.165, 1.54) is 0 Å². The van der Waals surface area contributed by atoms with Crippen LogP contribution in [0.2, 0.25) is 0 Å². The summed E-state index contributed by atoms with van der Waals surface area (Å²) in [5, 5.41) is 0. The van der Waals surface area contributed by atoms with Gasteiger partial charge in [0, 0.05) is 35.0 Å². The van der Waals surface area contributed by atoms with Gasteiger partial charge >= 0.3 is 0 Å². The zero-order chi connectivity index (χ0) is 31.4. The van der Waals surface area contributed by atoms with Crippen LogP contribution in [0.3, 0.4) is 0 Å². The van der Waals surface area contributed by atoms with Gasteiger partial charge < -0.3 is 19.3 Å². The Balaban J connectivity index is 1.41. The molecule has 0 bridgehead atoms. The maximum Gasteiger partial charge on any atom is 0.119 e. The van der Waals surface area contributed by atoms with Crippen LogP contribution in [0.15, 0.2) is 171 Å². The van der Waals surface area contributed by atoms with Crippen molar-refractivity contribution in [3.8, 4) is 16.9 Å². The molecule has 5 aromatic rings. The van der Waals surface area contributed by atoms with Gasteiger partial charge in [-0.3, -0.25) is 0 Å². The van der Waals surface area contributed by atoms with Gasteiger partial charge in [0.15, 0.2) is 0 Å². The molecule has 0 aliphatic carbocycles. The maximum atomic E-state index is 5.41. The van der Waals surface area contributed by atoms with Gasteiger partial charge in [-0.15, -0.1) is 0 Å². The average Bonchev–Trinajstić information content (AvgIpc) is 3.11. The Morgan fingerprint density at radius 3 is 1.64 bits per heavy atom. The van der Waals surface area contributed by atoms with Gasteiger partial charge in [0.05, 0.1) is 14.2 Å². The van der Waals surface area contributed by atoms with Crippen LogP contribution in [-0.2, 0) is 4.74 Å². The second kappa shape index (κ2) is 15.1. The number of ether oxygens (including phenoxy) is 2. The Bertz CT molecular complexity index is 1740. The third kappa shape index (κ3) is 7.62. The van der Waals surface area contributed by atoms with Crippen molar-refractivity contribution in [3.63, 3.8) is 0 Å². The Morgan fingerprint density at radius 1 is 0.622 bits per heavy atom. The minimum absolute atomic E-state index is 0.685. The summed E-state index contributed by atoms with van der Waals surface area (Å²) in [7, 11) is 3.35. The van der Waals surface area contributed by atoms with Gasteiger partial charge in [0.1, 0.15) is 11.5 Å². The lowest BCUT2D eigenvalue weighted by molar-refractivity contribution is 0.307. The van der Waals surface area contributed by atoms with Crippen molar-refractivity contribution in [1.29, 1.82) is 0 Å². The van der Waals surface area contributed by atoms with Gasteiger partial charge in [-0.25, -0.2) is 0 Å². The van der Waals surface area contributed by atoms with Crippen molar-refractivity contribution >= 4 is 34.5 Å². The van der Waals surface area contributed by atoms with Crippen molar-refractivity contribution in [2.24, 2.45) is 0 Å². The molecule has 0 radical (unpaired) electrons. The van der Waals surface area contributed by atoms with E-state index in [2.05, 4.69) is 138 Å². The SMILES string of the molecule is C=C/C=C(\C=C/CN(c1ccccc1)c1ccc(-c2ccc(N(c3ccc(C=C)cc3)c3ccc(OC)cc3)cc2)cc1)OC. The standard InChI is InChI=1S/C41H38N2O2/c1-5-11-40(44-3)14-10-31-42(35-12-8-7-9-13-35)36-23-17-33(18-24-36)34-19-25-38(26-20-34)43(37-21-15-32(6-2)16-22-37)39-27-29-41(45-4)30-28-39/h5-30H,1-2,31H2,3-4H3/b14-10-,40-11+. The molecular weight excluding hydrogens is 552 g/mol. The van der Waals surface area contributed by atoms with Crippen LogP contribution in [-0.4, -0.2) is 20.8 Å². The predicted molar refractivity (Wildman–Crippen MR) is 191 cm³/mol. The van der Waals surface area contributed by atoms with Gasteiger partial charge in [-0.05, 0) is 102 Å². The van der Waals surface area contributed by atoms with Crippen LogP contribution < -0.4 is 14.5 Å². The minimum atomic E-state index is 0.685. The van der Waals surface area contributed by atoms with E-state index in [9.17, 15) is 0 Å². The topological polar surface area (TPSA) is 24.9 Å². The molecule has 0 aliphatic heterocycles. The summed E-state index contributed by atoms with van der Waals surface area (Å²) < 4.78 is 10.8. The lowest BCUT2D eigenvalue weighted by Gasteiger charge is -2.26. The molecule has 0 saturated heterocycles. The van der Waals surface area contributed by atoms with Crippen molar-refractivity contribution in [3.05, 3.63) is 176 Å². The summed E-state index contributed by atoms with van der Waals surface area (Å²) in [5.74, 6) is 1.58. The summed E-state index contributed by atoms with van der Waals surface area (Å²) in [6.07, 6.45) is 9.49. The molecule has 0 unspecified atom stereocenters. The molecule has 0 spiro atoms. The fourth-order valence-electron chi connectivity index (χ4n) is 5.12. The Labute approximate surface area is 267 Å². The molecule has 224 valence electrons. The first-order chi connectivity index (χ1) is 22.1. The summed E-state index contributed by atoms with van der Waals surface area (Å²) in [6, 6.07) is 44.3. The summed E-state index contributed by atoms with van der Waals surface area (Å²) in [6.45, 7) is 8.34. The van der Waals surface area contributed by atoms with Crippen molar-refractivity contribution < 1.29 is 9.47 Å². The number of hydrogen-bond donors (Lipinski definition) is 0. The first-order valence-corrected chi connectivity index (χ1v) is 14.9. The van der Waals surface area contributed by atoms with Crippen LogP contribution in [0.5, 0.6) is 5.75 Å².